The zero-order chi connectivity index (χ0) is 13.8. The second kappa shape index (κ2) is 6.36. The van der Waals surface area contributed by atoms with Crippen LogP contribution in [0.5, 0.6) is 0 Å². The van der Waals surface area contributed by atoms with Crippen LogP contribution in [0.2, 0.25) is 0 Å². The Morgan fingerprint density at radius 1 is 1.44 bits per heavy atom. The van der Waals surface area contributed by atoms with Gasteiger partial charge in [0.25, 0.3) is 0 Å². The summed E-state index contributed by atoms with van der Waals surface area (Å²) in [7, 11) is 1.80. The van der Waals surface area contributed by atoms with Gasteiger partial charge < -0.3 is 14.8 Å². The van der Waals surface area contributed by atoms with E-state index in [1.807, 2.05) is 0 Å². The molecule has 2 unspecified atom stereocenters. The molecule has 18 heavy (non-hydrogen) atoms. The van der Waals surface area contributed by atoms with Gasteiger partial charge in [-0.05, 0) is 40.0 Å². The minimum atomic E-state index is -0.0346. The fourth-order valence-corrected chi connectivity index (χ4v) is 2.53. The van der Waals surface area contributed by atoms with E-state index >= 15 is 0 Å². The van der Waals surface area contributed by atoms with E-state index in [1.165, 1.54) is 0 Å². The van der Waals surface area contributed by atoms with Crippen LogP contribution in [0.4, 0.5) is 0 Å². The normalized spacial score (nSPS) is 29.2. The molecule has 0 aliphatic carbocycles. The van der Waals surface area contributed by atoms with Crippen LogP contribution in [0.1, 0.15) is 53.9 Å². The quantitative estimate of drug-likeness (QED) is 0.760. The Bertz CT molecular complexity index is 253. The van der Waals surface area contributed by atoms with E-state index in [4.69, 9.17) is 9.47 Å². The van der Waals surface area contributed by atoms with Crippen molar-refractivity contribution in [3.63, 3.8) is 0 Å². The number of hydrogen-bond donors (Lipinski definition) is 1. The molecule has 1 rings (SSSR count). The molecule has 108 valence electrons. The highest BCUT2D eigenvalue weighted by Gasteiger charge is 2.42. The van der Waals surface area contributed by atoms with E-state index in [0.717, 1.165) is 32.4 Å². The van der Waals surface area contributed by atoms with Crippen molar-refractivity contribution in [2.75, 3.05) is 20.3 Å². The van der Waals surface area contributed by atoms with E-state index in [-0.39, 0.29) is 11.0 Å². The van der Waals surface area contributed by atoms with Gasteiger partial charge in [0.05, 0.1) is 11.7 Å². The van der Waals surface area contributed by atoms with E-state index in [9.17, 15) is 0 Å². The molecule has 3 heteroatoms. The van der Waals surface area contributed by atoms with Crippen molar-refractivity contribution < 1.29 is 9.47 Å². The molecule has 1 heterocycles. The van der Waals surface area contributed by atoms with Crippen molar-refractivity contribution in [2.24, 2.45) is 5.41 Å². The van der Waals surface area contributed by atoms with Crippen LogP contribution in [0, 0.1) is 5.41 Å². The Kier molecular flexibility index (Phi) is 5.63. The largest absolute Gasteiger partial charge is 0.379 e. The molecule has 0 aromatic rings. The maximum atomic E-state index is 5.82. The predicted molar refractivity (Wildman–Crippen MR) is 75.9 cm³/mol. The van der Waals surface area contributed by atoms with Gasteiger partial charge in [-0.3, -0.25) is 0 Å². The summed E-state index contributed by atoms with van der Waals surface area (Å²) in [6.45, 7) is 12.9. The Hall–Kier alpha value is -0.120. The molecule has 1 N–H and O–H groups in total. The number of hydrogen-bond acceptors (Lipinski definition) is 3. The molecule has 0 spiro atoms. The van der Waals surface area contributed by atoms with Crippen LogP contribution in [-0.2, 0) is 9.47 Å². The van der Waals surface area contributed by atoms with Crippen LogP contribution in [0.3, 0.4) is 0 Å². The van der Waals surface area contributed by atoms with Gasteiger partial charge in [-0.25, -0.2) is 0 Å². The molecule has 0 aromatic heterocycles. The summed E-state index contributed by atoms with van der Waals surface area (Å²) >= 11 is 0. The van der Waals surface area contributed by atoms with Gasteiger partial charge in [-0.15, -0.1) is 0 Å². The van der Waals surface area contributed by atoms with Crippen LogP contribution in [-0.4, -0.2) is 38.0 Å². The highest BCUT2D eigenvalue weighted by molar-refractivity contribution is 4.93. The summed E-state index contributed by atoms with van der Waals surface area (Å²) in [4.78, 5) is 0. The predicted octanol–water partition coefficient (Wildman–Crippen LogP) is 2.98. The van der Waals surface area contributed by atoms with Crippen molar-refractivity contribution >= 4 is 0 Å². The molecule has 0 radical (unpaired) electrons. The minimum Gasteiger partial charge on any atom is -0.379 e. The van der Waals surface area contributed by atoms with Gasteiger partial charge in [-0.2, -0.15) is 0 Å². The van der Waals surface area contributed by atoms with Crippen molar-refractivity contribution in [1.82, 2.24) is 5.32 Å². The number of ether oxygens (including phenoxy) is 2. The molecular formula is C15H31NO2. The zero-order valence-electron chi connectivity index (χ0n) is 13.0. The molecule has 0 bridgehead atoms. The maximum absolute atomic E-state index is 5.82. The summed E-state index contributed by atoms with van der Waals surface area (Å²) in [5, 5.41) is 3.59. The van der Waals surface area contributed by atoms with Crippen LogP contribution >= 0.6 is 0 Å². The van der Waals surface area contributed by atoms with Crippen molar-refractivity contribution in [2.45, 2.75) is 71.6 Å². The van der Waals surface area contributed by atoms with Gasteiger partial charge in [0.2, 0.25) is 0 Å². The topological polar surface area (TPSA) is 30.5 Å². The lowest BCUT2D eigenvalue weighted by Crippen LogP contribution is -2.43. The lowest BCUT2D eigenvalue weighted by molar-refractivity contribution is -0.00769. The van der Waals surface area contributed by atoms with Crippen LogP contribution in [0.25, 0.3) is 0 Å². The lowest BCUT2D eigenvalue weighted by Gasteiger charge is -2.36. The second-order valence-corrected chi connectivity index (χ2v) is 6.62. The van der Waals surface area contributed by atoms with Crippen molar-refractivity contribution in [3.8, 4) is 0 Å². The summed E-state index contributed by atoms with van der Waals surface area (Å²) in [5.41, 5.74) is 0.243. The number of nitrogens with one attached hydrogen (secondary N) is 1. The first-order chi connectivity index (χ1) is 8.31. The Morgan fingerprint density at radius 2 is 2.11 bits per heavy atom. The molecule has 1 aliphatic heterocycles. The number of methoxy groups -OCH3 is 1. The lowest BCUT2D eigenvalue weighted by atomic mass is 9.75. The van der Waals surface area contributed by atoms with Crippen molar-refractivity contribution in [3.05, 3.63) is 0 Å². The first-order valence-corrected chi connectivity index (χ1v) is 7.21. The van der Waals surface area contributed by atoms with Gasteiger partial charge in [0.1, 0.15) is 0 Å². The zero-order valence-corrected chi connectivity index (χ0v) is 13.0. The molecule has 2 atom stereocenters. The minimum absolute atomic E-state index is 0.0346. The summed E-state index contributed by atoms with van der Waals surface area (Å²) in [5.74, 6) is 0. The highest BCUT2D eigenvalue weighted by atomic mass is 16.5. The fourth-order valence-electron chi connectivity index (χ4n) is 2.53. The molecular weight excluding hydrogens is 226 g/mol. The van der Waals surface area contributed by atoms with E-state index < -0.39 is 0 Å². The smallest absolute Gasteiger partial charge is 0.0623 e. The molecule has 1 fully saturated rings. The third-order valence-electron chi connectivity index (χ3n) is 4.47. The third-order valence-corrected chi connectivity index (χ3v) is 4.47. The molecule has 0 amide bonds. The van der Waals surface area contributed by atoms with Gasteiger partial charge >= 0.3 is 0 Å². The summed E-state index contributed by atoms with van der Waals surface area (Å²) in [6.07, 6.45) is 3.75. The summed E-state index contributed by atoms with van der Waals surface area (Å²) < 4.78 is 11.4. The Morgan fingerprint density at radius 3 is 2.56 bits per heavy atom. The standard InChI is InChI=1S/C15H31NO2/c1-12(2)16-11-15(9-10-18-13(15)3)8-7-14(4,5)17-6/h12-13,16H,7-11H2,1-6H3. The van der Waals surface area contributed by atoms with Crippen LogP contribution < -0.4 is 5.32 Å². The average molecular weight is 257 g/mol. The van der Waals surface area contributed by atoms with E-state index in [1.54, 1.807) is 7.11 Å². The summed E-state index contributed by atoms with van der Waals surface area (Å²) in [6, 6.07) is 0.533. The SMILES string of the molecule is COC(C)(C)CCC1(CNC(C)C)CCOC1C. The molecule has 0 saturated carbocycles. The van der Waals surface area contributed by atoms with E-state index in [0.29, 0.717) is 12.1 Å². The fraction of sp³-hybridized carbons (Fsp3) is 1.00. The first-order valence-electron chi connectivity index (χ1n) is 7.21. The molecule has 1 saturated heterocycles. The Balaban J connectivity index is 2.61. The third kappa shape index (κ3) is 4.22. The highest BCUT2D eigenvalue weighted by Crippen LogP contribution is 2.40. The second-order valence-electron chi connectivity index (χ2n) is 6.62. The first kappa shape index (κ1) is 15.9. The Labute approximate surface area is 113 Å². The van der Waals surface area contributed by atoms with Crippen molar-refractivity contribution in [1.29, 1.82) is 0 Å². The molecule has 0 aromatic carbocycles. The van der Waals surface area contributed by atoms with Gasteiger partial charge in [0.15, 0.2) is 0 Å². The van der Waals surface area contributed by atoms with Gasteiger partial charge in [-0.1, -0.05) is 13.8 Å². The van der Waals surface area contributed by atoms with Gasteiger partial charge in [0, 0.05) is 31.7 Å². The average Bonchev–Trinajstić information content (AvgIpc) is 2.67. The van der Waals surface area contributed by atoms with Crippen LogP contribution in [0.15, 0.2) is 0 Å². The monoisotopic (exact) mass is 257 g/mol. The van der Waals surface area contributed by atoms with E-state index in [2.05, 4.69) is 39.9 Å². The molecule has 1 aliphatic rings. The maximum Gasteiger partial charge on any atom is 0.0623 e. The number of rotatable bonds is 7. The molecule has 3 nitrogen and oxygen atoms in total.